The Balaban J connectivity index is 2.05. The monoisotopic (exact) mass is 207 g/mol. The second kappa shape index (κ2) is 4.59. The zero-order chi connectivity index (χ0) is 10.7. The molecule has 1 aromatic rings. The molecule has 2 heterocycles. The fourth-order valence-corrected chi connectivity index (χ4v) is 1.82. The van der Waals surface area contributed by atoms with Crippen molar-refractivity contribution in [1.29, 1.82) is 0 Å². The predicted molar refractivity (Wildman–Crippen MR) is 59.5 cm³/mol. The van der Waals surface area contributed by atoms with E-state index in [-0.39, 0.29) is 0 Å². The van der Waals surface area contributed by atoms with Gasteiger partial charge in [-0.25, -0.2) is 0 Å². The molecule has 0 aliphatic carbocycles. The minimum atomic E-state index is 0.342. The highest BCUT2D eigenvalue weighted by Gasteiger charge is 2.18. The summed E-state index contributed by atoms with van der Waals surface area (Å²) < 4.78 is 5.32. The Morgan fingerprint density at radius 2 is 2.13 bits per heavy atom. The van der Waals surface area contributed by atoms with Gasteiger partial charge >= 0.3 is 0 Å². The van der Waals surface area contributed by atoms with Crippen LogP contribution in [-0.2, 0) is 4.74 Å². The molecule has 0 spiro atoms. The second-order valence-electron chi connectivity index (χ2n) is 3.84. The van der Waals surface area contributed by atoms with Crippen LogP contribution in [0, 0.1) is 0 Å². The largest absolute Gasteiger partial charge is 0.397 e. The highest BCUT2D eigenvalue weighted by Crippen LogP contribution is 2.19. The van der Waals surface area contributed by atoms with Crippen molar-refractivity contribution in [2.24, 2.45) is 0 Å². The summed E-state index contributed by atoms with van der Waals surface area (Å²) in [6.07, 6.45) is 1.71. The minimum Gasteiger partial charge on any atom is -0.397 e. The van der Waals surface area contributed by atoms with Gasteiger partial charge in [0.25, 0.3) is 0 Å². The van der Waals surface area contributed by atoms with Gasteiger partial charge < -0.3 is 10.5 Å². The molecular formula is C11H17N3O. The first-order chi connectivity index (χ1) is 7.27. The van der Waals surface area contributed by atoms with Crippen LogP contribution in [0.2, 0.25) is 0 Å². The molecule has 82 valence electrons. The van der Waals surface area contributed by atoms with E-state index in [1.54, 1.807) is 6.20 Å². The predicted octanol–water partition coefficient (Wildman–Crippen LogP) is 1.06. The topological polar surface area (TPSA) is 51.4 Å². The maximum absolute atomic E-state index is 5.61. The molecule has 1 atom stereocenters. The number of hydrogen-bond acceptors (Lipinski definition) is 4. The zero-order valence-corrected chi connectivity index (χ0v) is 9.02. The molecule has 0 amide bonds. The van der Waals surface area contributed by atoms with Gasteiger partial charge in [-0.1, -0.05) is 0 Å². The summed E-state index contributed by atoms with van der Waals surface area (Å²) in [5.74, 6) is 0. The number of nitrogens with zero attached hydrogens (tertiary/aromatic N) is 2. The maximum atomic E-state index is 5.61. The van der Waals surface area contributed by atoms with Crippen molar-refractivity contribution in [1.82, 2.24) is 9.88 Å². The van der Waals surface area contributed by atoms with Crippen molar-refractivity contribution in [3.05, 3.63) is 24.0 Å². The number of nitrogens with two attached hydrogens (primary N) is 1. The number of aromatic nitrogens is 1. The molecule has 0 saturated carbocycles. The minimum absolute atomic E-state index is 0.342. The third kappa shape index (κ3) is 2.46. The van der Waals surface area contributed by atoms with E-state index < -0.39 is 0 Å². The number of pyridine rings is 1. The van der Waals surface area contributed by atoms with Gasteiger partial charge in [0.2, 0.25) is 0 Å². The Bertz CT molecular complexity index is 306. The van der Waals surface area contributed by atoms with Crippen molar-refractivity contribution < 1.29 is 4.74 Å². The zero-order valence-electron chi connectivity index (χ0n) is 9.02. The van der Waals surface area contributed by atoms with Gasteiger partial charge in [-0.05, 0) is 19.1 Å². The molecule has 1 aromatic heterocycles. The summed E-state index contributed by atoms with van der Waals surface area (Å²) in [6.45, 7) is 5.77. The summed E-state index contributed by atoms with van der Waals surface area (Å²) in [5, 5.41) is 0. The normalized spacial score (nSPS) is 20.1. The number of anilines is 1. The Morgan fingerprint density at radius 3 is 2.73 bits per heavy atom. The molecule has 0 radical (unpaired) electrons. The van der Waals surface area contributed by atoms with Crippen LogP contribution in [0.4, 0.5) is 5.69 Å². The molecule has 1 unspecified atom stereocenters. The second-order valence-corrected chi connectivity index (χ2v) is 3.84. The fourth-order valence-electron chi connectivity index (χ4n) is 1.82. The van der Waals surface area contributed by atoms with E-state index in [1.165, 1.54) is 0 Å². The molecule has 15 heavy (non-hydrogen) atoms. The third-order valence-corrected chi connectivity index (χ3v) is 2.83. The Labute approximate surface area is 90.0 Å². The molecule has 1 fully saturated rings. The fraction of sp³-hybridized carbons (Fsp3) is 0.545. The molecule has 1 aliphatic rings. The number of hydrogen-bond donors (Lipinski definition) is 1. The lowest BCUT2D eigenvalue weighted by atomic mass is 10.1. The first-order valence-corrected chi connectivity index (χ1v) is 5.30. The van der Waals surface area contributed by atoms with Crippen molar-refractivity contribution in [3.8, 4) is 0 Å². The van der Waals surface area contributed by atoms with Gasteiger partial charge in [-0.15, -0.1) is 0 Å². The van der Waals surface area contributed by atoms with Gasteiger partial charge in [-0.2, -0.15) is 0 Å². The number of nitrogen functional groups attached to an aromatic ring is 1. The van der Waals surface area contributed by atoms with E-state index in [2.05, 4.69) is 16.8 Å². The molecule has 0 aromatic carbocycles. The van der Waals surface area contributed by atoms with E-state index in [9.17, 15) is 0 Å². The molecule has 4 heteroatoms. The Hall–Kier alpha value is -1.13. The summed E-state index contributed by atoms with van der Waals surface area (Å²) in [7, 11) is 0. The summed E-state index contributed by atoms with van der Waals surface area (Å²) in [6, 6.07) is 4.24. The first kappa shape index (κ1) is 10.4. The molecule has 2 N–H and O–H groups in total. The van der Waals surface area contributed by atoms with Gasteiger partial charge in [0.1, 0.15) is 0 Å². The maximum Gasteiger partial charge on any atom is 0.0594 e. The van der Waals surface area contributed by atoms with Gasteiger partial charge in [0.05, 0.1) is 30.8 Å². The van der Waals surface area contributed by atoms with Crippen molar-refractivity contribution in [2.45, 2.75) is 13.0 Å². The summed E-state index contributed by atoms with van der Waals surface area (Å²) in [5.41, 5.74) is 7.40. The Morgan fingerprint density at radius 1 is 1.40 bits per heavy atom. The van der Waals surface area contributed by atoms with Crippen molar-refractivity contribution in [3.63, 3.8) is 0 Å². The highest BCUT2D eigenvalue weighted by molar-refractivity contribution is 5.35. The first-order valence-electron chi connectivity index (χ1n) is 5.30. The van der Waals surface area contributed by atoms with Crippen LogP contribution >= 0.6 is 0 Å². The Kier molecular flexibility index (Phi) is 3.18. The molecule has 4 nitrogen and oxygen atoms in total. The van der Waals surface area contributed by atoms with E-state index in [1.807, 2.05) is 12.1 Å². The number of rotatable bonds is 2. The number of ether oxygens (including phenoxy) is 1. The average molecular weight is 207 g/mol. The summed E-state index contributed by atoms with van der Waals surface area (Å²) in [4.78, 5) is 6.72. The van der Waals surface area contributed by atoms with E-state index in [4.69, 9.17) is 10.5 Å². The van der Waals surface area contributed by atoms with E-state index in [0.29, 0.717) is 11.7 Å². The van der Waals surface area contributed by atoms with Gasteiger partial charge in [0.15, 0.2) is 0 Å². The quantitative estimate of drug-likeness (QED) is 0.787. The van der Waals surface area contributed by atoms with Gasteiger partial charge in [0, 0.05) is 19.1 Å². The van der Waals surface area contributed by atoms with Crippen molar-refractivity contribution >= 4 is 5.69 Å². The van der Waals surface area contributed by atoms with Crippen LogP contribution in [-0.4, -0.2) is 36.2 Å². The lowest BCUT2D eigenvalue weighted by molar-refractivity contribution is 0.0191. The van der Waals surface area contributed by atoms with E-state index >= 15 is 0 Å². The van der Waals surface area contributed by atoms with Crippen LogP contribution in [0.5, 0.6) is 0 Å². The van der Waals surface area contributed by atoms with Crippen LogP contribution in [0.25, 0.3) is 0 Å². The molecule has 0 bridgehead atoms. The van der Waals surface area contributed by atoms with Crippen molar-refractivity contribution in [2.75, 3.05) is 32.0 Å². The molecule has 1 saturated heterocycles. The van der Waals surface area contributed by atoms with Crippen LogP contribution in [0.1, 0.15) is 18.7 Å². The van der Waals surface area contributed by atoms with E-state index in [0.717, 1.165) is 32.0 Å². The van der Waals surface area contributed by atoms with Crippen LogP contribution in [0.3, 0.4) is 0 Å². The van der Waals surface area contributed by atoms with Crippen LogP contribution < -0.4 is 5.73 Å². The smallest absolute Gasteiger partial charge is 0.0594 e. The standard InChI is InChI=1S/C11H17N3O/c1-9(14-4-6-15-7-5-14)11-3-2-10(12)8-13-11/h2-3,8-9H,4-7,12H2,1H3. The SMILES string of the molecule is CC(c1ccc(N)cn1)N1CCOCC1. The number of morpholine rings is 1. The molecule has 2 rings (SSSR count). The molecule has 1 aliphatic heterocycles. The lowest BCUT2D eigenvalue weighted by Gasteiger charge is -2.31. The highest BCUT2D eigenvalue weighted by atomic mass is 16.5. The van der Waals surface area contributed by atoms with Crippen LogP contribution in [0.15, 0.2) is 18.3 Å². The third-order valence-electron chi connectivity index (χ3n) is 2.83. The average Bonchev–Trinajstić information content (AvgIpc) is 2.30. The lowest BCUT2D eigenvalue weighted by Crippen LogP contribution is -2.38. The van der Waals surface area contributed by atoms with Gasteiger partial charge in [-0.3, -0.25) is 9.88 Å². The molecular weight excluding hydrogens is 190 g/mol. The summed E-state index contributed by atoms with van der Waals surface area (Å²) >= 11 is 0.